The third-order valence-electron chi connectivity index (χ3n) is 10.1. The van der Waals surface area contributed by atoms with E-state index in [0.29, 0.717) is 70.9 Å². The van der Waals surface area contributed by atoms with Gasteiger partial charge >= 0.3 is 12.1 Å². The van der Waals surface area contributed by atoms with E-state index in [0.717, 1.165) is 25.7 Å². The number of nitrogens with zero attached hydrogens (tertiary/aromatic N) is 4. The number of amides is 3. The van der Waals surface area contributed by atoms with Gasteiger partial charge in [0.15, 0.2) is 0 Å². The summed E-state index contributed by atoms with van der Waals surface area (Å²) in [5.74, 6) is -0.0703. The number of carbonyl (C=O) groups is 4. The van der Waals surface area contributed by atoms with Crippen molar-refractivity contribution in [1.29, 1.82) is 5.41 Å². The number of nitrogens with one attached hydrogen (secondary N) is 2. The van der Waals surface area contributed by atoms with Gasteiger partial charge in [0.05, 0.1) is 30.3 Å². The lowest BCUT2D eigenvalue weighted by Crippen LogP contribution is -2.44. The Morgan fingerprint density at radius 3 is 2.16 bits per heavy atom. The number of aromatic nitrogens is 2. The molecule has 14 heteroatoms. The highest BCUT2D eigenvalue weighted by Crippen LogP contribution is 2.28. The zero-order valence-electron chi connectivity index (χ0n) is 32.5. The van der Waals surface area contributed by atoms with Gasteiger partial charge in [0.1, 0.15) is 35.7 Å². The minimum atomic E-state index is -0.567. The maximum absolute atomic E-state index is 14.4. The first-order valence-electron chi connectivity index (χ1n) is 19.2. The van der Waals surface area contributed by atoms with Gasteiger partial charge in [-0.3, -0.25) is 15.0 Å². The summed E-state index contributed by atoms with van der Waals surface area (Å²) in [5, 5.41) is 11.2. The number of hydrogen-bond acceptors (Lipinski definition) is 9. The van der Waals surface area contributed by atoms with Crippen LogP contribution in [-0.4, -0.2) is 82.1 Å². The maximum atomic E-state index is 14.4. The van der Waals surface area contributed by atoms with E-state index in [1.807, 2.05) is 20.8 Å². The number of piperidine rings is 1. The average Bonchev–Trinajstić information content (AvgIpc) is 3.52. The molecule has 6 rings (SSSR count). The van der Waals surface area contributed by atoms with Gasteiger partial charge in [0.25, 0.3) is 5.91 Å². The predicted molar refractivity (Wildman–Crippen MR) is 212 cm³/mol. The summed E-state index contributed by atoms with van der Waals surface area (Å²) in [6, 6.07) is 18.7. The van der Waals surface area contributed by atoms with E-state index in [-0.39, 0.29) is 49.0 Å². The van der Waals surface area contributed by atoms with Crippen molar-refractivity contribution < 1.29 is 33.4 Å². The Hall–Kier alpha value is -5.92. The van der Waals surface area contributed by atoms with Gasteiger partial charge in [-0.15, -0.1) is 0 Å². The van der Waals surface area contributed by atoms with Gasteiger partial charge in [-0.25, -0.2) is 14.6 Å². The molecule has 296 valence electrons. The largest absolute Gasteiger partial charge is 0.490 e. The molecule has 56 heavy (non-hydrogen) atoms. The maximum Gasteiger partial charge on any atom is 0.410 e. The first kappa shape index (κ1) is 39.8. The minimum absolute atomic E-state index is 0.0122. The van der Waals surface area contributed by atoms with E-state index in [1.165, 1.54) is 25.7 Å². The number of likely N-dealkylation sites (tertiary alicyclic amines) is 1. The second kappa shape index (κ2) is 17.3. The molecule has 2 heterocycles. The highest BCUT2D eigenvalue weighted by Gasteiger charge is 2.29. The van der Waals surface area contributed by atoms with E-state index in [1.54, 1.807) is 69.0 Å². The standard InChI is InChI=1S/C42H51N7O7/c1-42(2,3)56-41(53)47-22-20-33(21-23-47)55-32-17-15-31(16-18-32)48(39(51)27-10-12-28(13-11-27)40(52)54-4)25-36-46-34-24-29(38(43)44)14-19-35(34)49(36)26-37(50)45-30-8-6-5-7-9-30/h10-19,24,30,33H,5-9,20-23,25-26H2,1-4H3,(H3,43,44)(H,45,50). The highest BCUT2D eigenvalue weighted by molar-refractivity contribution is 6.06. The van der Waals surface area contributed by atoms with Crippen molar-refractivity contribution in [2.75, 3.05) is 25.1 Å². The third kappa shape index (κ3) is 9.84. The summed E-state index contributed by atoms with van der Waals surface area (Å²) in [5.41, 5.74) is 8.12. The lowest BCUT2D eigenvalue weighted by atomic mass is 9.95. The molecule has 1 aliphatic carbocycles. The molecule has 0 atom stereocenters. The number of imidazole rings is 1. The Morgan fingerprint density at radius 2 is 1.54 bits per heavy atom. The fraction of sp³-hybridized carbons (Fsp3) is 0.429. The first-order valence-corrected chi connectivity index (χ1v) is 19.2. The molecular weight excluding hydrogens is 715 g/mol. The van der Waals surface area contributed by atoms with Gasteiger partial charge < -0.3 is 39.6 Å². The molecule has 0 spiro atoms. The molecule has 3 amide bonds. The van der Waals surface area contributed by atoms with E-state index < -0.39 is 11.6 Å². The molecule has 1 saturated heterocycles. The molecule has 0 bridgehead atoms. The van der Waals surface area contributed by atoms with Crippen LogP contribution in [0.4, 0.5) is 10.5 Å². The number of nitrogen functional groups attached to an aromatic ring is 1. The molecule has 2 aliphatic rings. The van der Waals surface area contributed by atoms with Gasteiger partial charge in [0, 0.05) is 48.8 Å². The van der Waals surface area contributed by atoms with Gasteiger partial charge in [-0.1, -0.05) is 19.3 Å². The predicted octanol–water partition coefficient (Wildman–Crippen LogP) is 6.18. The van der Waals surface area contributed by atoms with E-state index in [2.05, 4.69) is 5.32 Å². The second-order valence-electron chi connectivity index (χ2n) is 15.4. The SMILES string of the molecule is COC(=O)c1ccc(C(=O)N(Cc2nc3cc(C(=N)N)ccc3n2CC(=O)NC2CCCCC2)c2ccc(OC3CCN(C(=O)OC(C)(C)C)CC3)cc2)cc1. The first-order chi connectivity index (χ1) is 26.8. The average molecular weight is 766 g/mol. The van der Waals surface area contributed by atoms with Crippen LogP contribution in [0.25, 0.3) is 11.0 Å². The highest BCUT2D eigenvalue weighted by atomic mass is 16.6. The molecule has 1 aliphatic heterocycles. The number of hydrogen-bond donors (Lipinski definition) is 3. The molecule has 4 N–H and O–H groups in total. The van der Waals surface area contributed by atoms with Crippen molar-refractivity contribution in [3.8, 4) is 5.75 Å². The summed E-state index contributed by atoms with van der Waals surface area (Å²) >= 11 is 0. The van der Waals surface area contributed by atoms with Crippen LogP contribution in [0.1, 0.15) is 97.8 Å². The molecular formula is C42H51N7O7. The molecule has 1 saturated carbocycles. The summed E-state index contributed by atoms with van der Waals surface area (Å²) in [4.78, 5) is 60.8. The van der Waals surface area contributed by atoms with Crippen molar-refractivity contribution in [3.05, 3.63) is 89.2 Å². The van der Waals surface area contributed by atoms with Gasteiger partial charge in [0.2, 0.25) is 5.91 Å². The number of methoxy groups -OCH3 is 1. The number of amidine groups is 1. The molecule has 0 unspecified atom stereocenters. The van der Waals surface area contributed by atoms with Crippen LogP contribution < -0.4 is 20.7 Å². The van der Waals surface area contributed by atoms with Crippen LogP contribution in [0.3, 0.4) is 0 Å². The van der Waals surface area contributed by atoms with Gasteiger partial charge in [-0.2, -0.15) is 0 Å². The number of fused-ring (bicyclic) bond motifs is 1. The van der Waals surface area contributed by atoms with E-state index >= 15 is 0 Å². The number of esters is 1. The van der Waals surface area contributed by atoms with Crippen molar-refractivity contribution >= 4 is 46.4 Å². The van der Waals surface area contributed by atoms with Crippen molar-refractivity contribution in [3.63, 3.8) is 0 Å². The smallest absolute Gasteiger partial charge is 0.410 e. The number of rotatable bonds is 11. The van der Waals surface area contributed by atoms with Crippen molar-refractivity contribution in [1.82, 2.24) is 19.8 Å². The molecule has 1 aromatic heterocycles. The Kier molecular flexibility index (Phi) is 12.3. The van der Waals surface area contributed by atoms with E-state index in [4.69, 9.17) is 30.3 Å². The van der Waals surface area contributed by atoms with Gasteiger partial charge in [-0.05, 0) is 100 Å². The fourth-order valence-corrected chi connectivity index (χ4v) is 7.13. The van der Waals surface area contributed by atoms with Crippen LogP contribution in [0, 0.1) is 5.41 Å². The summed E-state index contributed by atoms with van der Waals surface area (Å²) in [6.07, 6.45) is 6.04. The molecule has 0 radical (unpaired) electrons. The van der Waals surface area contributed by atoms with Crippen molar-refractivity contribution in [2.24, 2.45) is 5.73 Å². The summed E-state index contributed by atoms with van der Waals surface area (Å²) in [7, 11) is 1.30. The molecule has 14 nitrogen and oxygen atoms in total. The Morgan fingerprint density at radius 1 is 0.893 bits per heavy atom. The molecule has 2 fully saturated rings. The fourth-order valence-electron chi connectivity index (χ4n) is 7.13. The lowest BCUT2D eigenvalue weighted by Gasteiger charge is -2.33. The molecule has 3 aromatic carbocycles. The zero-order valence-corrected chi connectivity index (χ0v) is 32.5. The monoisotopic (exact) mass is 765 g/mol. The van der Waals surface area contributed by atoms with E-state index in [9.17, 15) is 19.2 Å². The van der Waals surface area contributed by atoms with Crippen LogP contribution in [0.15, 0.2) is 66.7 Å². The normalized spacial score (nSPS) is 15.2. The Bertz CT molecular complexity index is 2060. The zero-order chi connectivity index (χ0) is 40.0. The summed E-state index contributed by atoms with van der Waals surface area (Å²) < 4.78 is 18.5. The summed E-state index contributed by atoms with van der Waals surface area (Å²) in [6.45, 7) is 6.54. The van der Waals surface area contributed by atoms with Crippen LogP contribution in [0.5, 0.6) is 5.75 Å². The van der Waals surface area contributed by atoms with Crippen LogP contribution in [-0.2, 0) is 27.4 Å². The van der Waals surface area contributed by atoms with Crippen molar-refractivity contribution in [2.45, 2.75) is 96.6 Å². The Balaban J connectivity index is 1.27. The number of benzene rings is 3. The van der Waals surface area contributed by atoms with Crippen LogP contribution >= 0.6 is 0 Å². The number of ether oxygens (including phenoxy) is 3. The minimum Gasteiger partial charge on any atom is -0.490 e. The topological polar surface area (TPSA) is 182 Å². The number of nitrogens with two attached hydrogens (primary N) is 1. The van der Waals surface area contributed by atoms with Crippen LogP contribution in [0.2, 0.25) is 0 Å². The second-order valence-corrected chi connectivity index (χ2v) is 15.4. The quantitative estimate of drug-likeness (QED) is 0.0912. The number of carbonyl (C=O) groups excluding carboxylic acids is 4. The molecule has 4 aromatic rings. The number of anilines is 1. The Labute approximate surface area is 326 Å². The lowest BCUT2D eigenvalue weighted by molar-refractivity contribution is -0.122. The third-order valence-corrected chi connectivity index (χ3v) is 10.1.